The molecule has 0 bridgehead atoms. The van der Waals surface area contributed by atoms with Gasteiger partial charge in [-0.05, 0) is 52.0 Å². The zero-order valence-corrected chi connectivity index (χ0v) is 14.7. The van der Waals surface area contributed by atoms with Gasteiger partial charge in [0.2, 0.25) is 0 Å². The van der Waals surface area contributed by atoms with Crippen LogP contribution in [0.15, 0.2) is 24.3 Å². The number of carbonyl (C=O) groups excluding carboxylic acids is 1. The Bertz CT molecular complexity index is 705. The number of halogens is 2. The van der Waals surface area contributed by atoms with Crippen molar-refractivity contribution in [3.63, 3.8) is 0 Å². The summed E-state index contributed by atoms with van der Waals surface area (Å²) in [5.41, 5.74) is 3.65. The van der Waals surface area contributed by atoms with Gasteiger partial charge in [-0.15, -0.1) is 0 Å². The van der Waals surface area contributed by atoms with Crippen LogP contribution in [0.25, 0.3) is 0 Å². The molecule has 22 heavy (non-hydrogen) atoms. The molecule has 1 aromatic carbocycles. The number of Topliss-reactive ketones (excluding diaryl/α,β-unsaturated/α-hetero) is 1. The predicted molar refractivity (Wildman–Crippen MR) is 93.6 cm³/mol. The molecule has 1 N–H and O–H groups in total. The van der Waals surface area contributed by atoms with Gasteiger partial charge in [-0.25, -0.2) is 0 Å². The molecule has 118 valence electrons. The highest BCUT2D eigenvalue weighted by molar-refractivity contribution is 6.42. The zero-order valence-electron chi connectivity index (χ0n) is 13.2. The van der Waals surface area contributed by atoms with Crippen LogP contribution in [-0.4, -0.2) is 16.9 Å². The van der Waals surface area contributed by atoms with E-state index in [4.69, 9.17) is 23.2 Å². The van der Waals surface area contributed by atoms with Crippen molar-refractivity contribution in [2.75, 3.05) is 11.9 Å². The minimum atomic E-state index is 0.0612. The monoisotopic (exact) mass is 338 g/mol. The molecule has 0 saturated heterocycles. The van der Waals surface area contributed by atoms with Crippen LogP contribution < -0.4 is 5.32 Å². The smallest absolute Gasteiger partial charge is 0.183 e. The van der Waals surface area contributed by atoms with E-state index in [2.05, 4.69) is 23.7 Å². The molecule has 0 aliphatic rings. The van der Waals surface area contributed by atoms with E-state index >= 15 is 0 Å². The molecule has 1 aromatic heterocycles. The van der Waals surface area contributed by atoms with E-state index in [-0.39, 0.29) is 12.3 Å². The van der Waals surface area contributed by atoms with Crippen LogP contribution >= 0.6 is 23.2 Å². The van der Waals surface area contributed by atoms with Crippen molar-refractivity contribution in [2.45, 2.75) is 33.7 Å². The number of ketones is 1. The Kier molecular flexibility index (Phi) is 5.20. The highest BCUT2D eigenvalue weighted by Gasteiger charge is 2.16. The lowest BCUT2D eigenvalue weighted by atomic mass is 10.1. The van der Waals surface area contributed by atoms with Gasteiger partial charge in [-0.2, -0.15) is 0 Å². The summed E-state index contributed by atoms with van der Waals surface area (Å²) in [6.45, 7) is 8.46. The number of nitrogens with zero attached hydrogens (tertiary/aromatic N) is 1. The van der Waals surface area contributed by atoms with E-state index in [1.807, 2.05) is 19.9 Å². The molecule has 0 aliphatic heterocycles. The number of nitrogens with one attached hydrogen (secondary N) is 1. The summed E-state index contributed by atoms with van der Waals surface area (Å²) < 4.78 is 2.17. The molecule has 2 aromatic rings. The van der Waals surface area contributed by atoms with Crippen molar-refractivity contribution in [1.82, 2.24) is 4.57 Å². The molecule has 0 amide bonds. The third-order valence-corrected chi connectivity index (χ3v) is 4.41. The summed E-state index contributed by atoms with van der Waals surface area (Å²) in [6, 6.07) is 7.52. The molecule has 0 atom stereocenters. The molecule has 2 rings (SSSR count). The fraction of sp³-hybridized carbons (Fsp3) is 0.353. The van der Waals surface area contributed by atoms with Crippen LogP contribution in [0.1, 0.15) is 41.6 Å². The van der Waals surface area contributed by atoms with Gasteiger partial charge in [0, 0.05) is 28.7 Å². The number of anilines is 1. The highest BCUT2D eigenvalue weighted by Crippen LogP contribution is 2.25. The Hall–Kier alpha value is -1.45. The Morgan fingerprint density at radius 1 is 1.18 bits per heavy atom. The lowest BCUT2D eigenvalue weighted by Crippen LogP contribution is -2.15. The normalized spacial score (nSPS) is 11.0. The van der Waals surface area contributed by atoms with Crippen molar-refractivity contribution < 1.29 is 4.79 Å². The van der Waals surface area contributed by atoms with E-state index in [1.54, 1.807) is 18.2 Å². The molecule has 0 fully saturated rings. The molecule has 0 unspecified atom stereocenters. The first-order valence-electron chi connectivity index (χ1n) is 7.21. The topological polar surface area (TPSA) is 34.0 Å². The third kappa shape index (κ3) is 3.47. The van der Waals surface area contributed by atoms with Gasteiger partial charge >= 0.3 is 0 Å². The standard InChI is InChI=1S/C17H20Cl2N2O/c1-10(2)21-11(3)7-14(12(21)4)17(22)9-20-13-5-6-15(18)16(19)8-13/h5-8,10,20H,9H2,1-4H3. The number of aromatic nitrogens is 1. The second kappa shape index (κ2) is 6.76. The summed E-state index contributed by atoms with van der Waals surface area (Å²) >= 11 is 11.9. The molecular weight excluding hydrogens is 319 g/mol. The summed E-state index contributed by atoms with van der Waals surface area (Å²) in [5, 5.41) is 4.06. The molecular formula is C17H20Cl2N2O. The number of rotatable bonds is 5. The van der Waals surface area contributed by atoms with E-state index in [0.29, 0.717) is 16.1 Å². The maximum Gasteiger partial charge on any atom is 0.183 e. The van der Waals surface area contributed by atoms with Crippen LogP contribution in [0.4, 0.5) is 5.69 Å². The number of benzene rings is 1. The van der Waals surface area contributed by atoms with Gasteiger partial charge in [-0.3, -0.25) is 4.79 Å². The average Bonchev–Trinajstić information content (AvgIpc) is 2.75. The molecule has 0 radical (unpaired) electrons. The first kappa shape index (κ1) is 16.9. The second-order valence-corrected chi connectivity index (χ2v) is 6.47. The largest absolute Gasteiger partial charge is 0.378 e. The van der Waals surface area contributed by atoms with Crippen molar-refractivity contribution >= 4 is 34.7 Å². The van der Waals surface area contributed by atoms with Crippen molar-refractivity contribution in [2.24, 2.45) is 0 Å². The summed E-state index contributed by atoms with van der Waals surface area (Å²) in [6.07, 6.45) is 0. The average molecular weight is 339 g/mol. The Labute approximate surface area is 141 Å². The molecule has 1 heterocycles. The van der Waals surface area contributed by atoms with Crippen LogP contribution in [-0.2, 0) is 0 Å². The fourth-order valence-corrected chi connectivity index (χ4v) is 3.04. The molecule has 0 saturated carbocycles. The molecule has 0 spiro atoms. The maximum absolute atomic E-state index is 12.4. The van der Waals surface area contributed by atoms with Gasteiger partial charge in [-0.1, -0.05) is 23.2 Å². The number of hydrogen-bond donors (Lipinski definition) is 1. The number of carbonyl (C=O) groups is 1. The predicted octanol–water partition coefficient (Wildman–Crippen LogP) is 5.29. The van der Waals surface area contributed by atoms with Gasteiger partial charge in [0.25, 0.3) is 0 Å². The van der Waals surface area contributed by atoms with Gasteiger partial charge in [0.1, 0.15) is 0 Å². The zero-order chi connectivity index (χ0) is 16.4. The van der Waals surface area contributed by atoms with Crippen LogP contribution in [0.3, 0.4) is 0 Å². The van der Waals surface area contributed by atoms with E-state index in [1.165, 1.54) is 0 Å². The van der Waals surface area contributed by atoms with E-state index in [9.17, 15) is 4.79 Å². The van der Waals surface area contributed by atoms with Crippen molar-refractivity contribution in [3.05, 3.63) is 51.3 Å². The van der Waals surface area contributed by atoms with Crippen LogP contribution in [0.5, 0.6) is 0 Å². The van der Waals surface area contributed by atoms with Crippen LogP contribution in [0, 0.1) is 13.8 Å². The Morgan fingerprint density at radius 2 is 1.86 bits per heavy atom. The van der Waals surface area contributed by atoms with Gasteiger partial charge in [0.05, 0.1) is 16.6 Å². The van der Waals surface area contributed by atoms with Crippen LogP contribution in [0.2, 0.25) is 10.0 Å². The van der Waals surface area contributed by atoms with Gasteiger partial charge < -0.3 is 9.88 Å². The quantitative estimate of drug-likeness (QED) is 0.751. The minimum absolute atomic E-state index is 0.0612. The first-order chi connectivity index (χ1) is 10.3. The third-order valence-electron chi connectivity index (χ3n) is 3.67. The van der Waals surface area contributed by atoms with E-state index < -0.39 is 0 Å². The molecule has 0 aliphatic carbocycles. The van der Waals surface area contributed by atoms with Crippen molar-refractivity contribution in [1.29, 1.82) is 0 Å². The number of hydrogen-bond acceptors (Lipinski definition) is 2. The first-order valence-corrected chi connectivity index (χ1v) is 7.97. The summed E-state index contributed by atoms with van der Waals surface area (Å²) in [5.74, 6) is 0.0612. The summed E-state index contributed by atoms with van der Waals surface area (Å²) in [4.78, 5) is 12.4. The SMILES string of the molecule is Cc1cc(C(=O)CNc2ccc(Cl)c(Cl)c2)c(C)n1C(C)C. The minimum Gasteiger partial charge on any atom is -0.378 e. The Morgan fingerprint density at radius 3 is 2.41 bits per heavy atom. The van der Waals surface area contributed by atoms with E-state index in [0.717, 1.165) is 22.6 Å². The molecule has 5 heteroatoms. The Balaban J connectivity index is 2.13. The maximum atomic E-state index is 12.4. The fourth-order valence-electron chi connectivity index (χ4n) is 2.74. The lowest BCUT2D eigenvalue weighted by molar-refractivity contribution is 0.101. The second-order valence-electron chi connectivity index (χ2n) is 5.65. The molecule has 3 nitrogen and oxygen atoms in total. The lowest BCUT2D eigenvalue weighted by Gasteiger charge is -2.13. The van der Waals surface area contributed by atoms with Gasteiger partial charge in [0.15, 0.2) is 5.78 Å². The van der Waals surface area contributed by atoms with Crippen molar-refractivity contribution in [3.8, 4) is 0 Å². The summed E-state index contributed by atoms with van der Waals surface area (Å²) in [7, 11) is 0. The number of aryl methyl sites for hydroxylation is 1. The highest BCUT2D eigenvalue weighted by atomic mass is 35.5.